The summed E-state index contributed by atoms with van der Waals surface area (Å²) < 4.78 is 5.74. The molecule has 2 rings (SSSR count). The lowest BCUT2D eigenvalue weighted by atomic mass is 10.4. The third-order valence-electron chi connectivity index (χ3n) is 1.17. The summed E-state index contributed by atoms with van der Waals surface area (Å²) in [6.07, 6.45) is 2.89. The predicted molar refractivity (Wildman–Crippen MR) is 39.6 cm³/mol. The molecule has 2 aromatic heterocycles. The number of rotatable bonds is 1. The molecule has 0 fully saturated rings. The van der Waals surface area contributed by atoms with Gasteiger partial charge in [0, 0.05) is 0 Å². The third-order valence-corrected chi connectivity index (χ3v) is 1.77. The van der Waals surface area contributed by atoms with Gasteiger partial charge in [0.25, 0.3) is 5.89 Å². The van der Waals surface area contributed by atoms with Crippen molar-refractivity contribution in [1.82, 2.24) is 20.4 Å². The number of hydrogen-bond acceptors (Lipinski definition) is 4. The Morgan fingerprint density at radius 3 is 3.00 bits per heavy atom. The van der Waals surface area contributed by atoms with Crippen LogP contribution >= 0.6 is 15.9 Å². The first-order chi connectivity index (χ1) is 5.38. The van der Waals surface area contributed by atoms with Crippen LogP contribution in [0.15, 0.2) is 21.5 Å². The lowest BCUT2D eigenvalue weighted by Crippen LogP contribution is -1.78. The van der Waals surface area contributed by atoms with Gasteiger partial charge < -0.3 is 4.42 Å². The highest BCUT2D eigenvalue weighted by atomic mass is 79.9. The van der Waals surface area contributed by atoms with Crippen molar-refractivity contribution in [2.24, 2.45) is 0 Å². The molecule has 56 valence electrons. The van der Waals surface area contributed by atoms with Crippen molar-refractivity contribution in [3.05, 3.63) is 17.1 Å². The highest BCUT2D eigenvalue weighted by Gasteiger charge is 2.08. The van der Waals surface area contributed by atoms with Crippen LogP contribution in [0.25, 0.3) is 11.6 Å². The Bertz CT molecular complexity index is 341. The first-order valence-electron chi connectivity index (χ1n) is 2.83. The first-order valence-corrected chi connectivity index (χ1v) is 3.62. The standard InChI is InChI=1S/C5H3BrN4O/c6-3-1-7-9-4(3)5-10-8-2-11-5/h1-2H,(H,7,9). The molecule has 6 heteroatoms. The fourth-order valence-electron chi connectivity index (χ4n) is 0.703. The van der Waals surface area contributed by atoms with Gasteiger partial charge in [-0.05, 0) is 15.9 Å². The van der Waals surface area contributed by atoms with E-state index in [9.17, 15) is 0 Å². The van der Waals surface area contributed by atoms with E-state index in [2.05, 4.69) is 36.3 Å². The Balaban J connectivity index is 2.53. The monoisotopic (exact) mass is 214 g/mol. The average molecular weight is 215 g/mol. The second-order valence-corrected chi connectivity index (χ2v) is 2.69. The van der Waals surface area contributed by atoms with E-state index in [-0.39, 0.29) is 0 Å². The molecular weight excluding hydrogens is 212 g/mol. The Morgan fingerprint density at radius 2 is 2.45 bits per heavy atom. The van der Waals surface area contributed by atoms with E-state index >= 15 is 0 Å². The second kappa shape index (κ2) is 2.46. The maximum Gasteiger partial charge on any atom is 0.266 e. The fraction of sp³-hybridized carbons (Fsp3) is 0. The van der Waals surface area contributed by atoms with Crippen LogP contribution in [0.2, 0.25) is 0 Å². The van der Waals surface area contributed by atoms with Gasteiger partial charge in [0.1, 0.15) is 5.69 Å². The lowest BCUT2D eigenvalue weighted by molar-refractivity contribution is 0.566. The summed E-state index contributed by atoms with van der Waals surface area (Å²) in [5, 5.41) is 13.7. The molecule has 11 heavy (non-hydrogen) atoms. The topological polar surface area (TPSA) is 67.6 Å². The average Bonchev–Trinajstić information content (AvgIpc) is 2.55. The molecule has 0 aliphatic carbocycles. The van der Waals surface area contributed by atoms with Gasteiger partial charge in [-0.15, -0.1) is 10.2 Å². The van der Waals surface area contributed by atoms with Crippen LogP contribution in [0.3, 0.4) is 0 Å². The molecule has 0 saturated carbocycles. The largest absolute Gasteiger partial charge is 0.422 e. The van der Waals surface area contributed by atoms with Gasteiger partial charge in [0.15, 0.2) is 0 Å². The molecule has 0 radical (unpaired) electrons. The highest BCUT2D eigenvalue weighted by molar-refractivity contribution is 9.10. The maximum absolute atomic E-state index is 4.94. The van der Waals surface area contributed by atoms with Crippen LogP contribution in [0.1, 0.15) is 0 Å². The summed E-state index contributed by atoms with van der Waals surface area (Å²) in [5.74, 6) is 0.425. The molecule has 0 spiro atoms. The second-order valence-electron chi connectivity index (χ2n) is 1.84. The molecule has 0 saturated heterocycles. The van der Waals surface area contributed by atoms with Crippen molar-refractivity contribution in [2.45, 2.75) is 0 Å². The Labute approximate surface area is 70.0 Å². The van der Waals surface area contributed by atoms with Crippen LogP contribution in [-0.4, -0.2) is 20.4 Å². The summed E-state index contributed by atoms with van der Waals surface area (Å²) in [6.45, 7) is 0. The molecule has 2 heterocycles. The molecule has 0 amide bonds. The van der Waals surface area contributed by atoms with E-state index in [1.807, 2.05) is 0 Å². The minimum Gasteiger partial charge on any atom is -0.422 e. The molecule has 0 bridgehead atoms. The van der Waals surface area contributed by atoms with Gasteiger partial charge in [0.05, 0.1) is 10.7 Å². The molecule has 0 aromatic carbocycles. The number of halogens is 1. The van der Waals surface area contributed by atoms with E-state index in [4.69, 9.17) is 4.42 Å². The van der Waals surface area contributed by atoms with Crippen LogP contribution in [0.4, 0.5) is 0 Å². The van der Waals surface area contributed by atoms with Gasteiger partial charge in [-0.2, -0.15) is 5.10 Å². The summed E-state index contributed by atoms with van der Waals surface area (Å²) in [6, 6.07) is 0. The van der Waals surface area contributed by atoms with Crippen LogP contribution < -0.4 is 0 Å². The van der Waals surface area contributed by atoms with Gasteiger partial charge in [-0.1, -0.05) is 0 Å². The SMILES string of the molecule is Brc1cn[nH]c1-c1nnco1. The predicted octanol–water partition coefficient (Wildman–Crippen LogP) is 1.22. The molecular formula is C5H3BrN4O. The number of nitrogens with one attached hydrogen (secondary N) is 1. The Kier molecular flexibility index (Phi) is 1.46. The number of aromatic amines is 1. The van der Waals surface area contributed by atoms with Crippen molar-refractivity contribution >= 4 is 15.9 Å². The summed E-state index contributed by atoms with van der Waals surface area (Å²) in [5.41, 5.74) is 0.697. The molecule has 1 N–H and O–H groups in total. The van der Waals surface area contributed by atoms with Gasteiger partial charge in [0.2, 0.25) is 6.39 Å². The first kappa shape index (κ1) is 6.53. The Morgan fingerprint density at radius 1 is 1.55 bits per heavy atom. The number of hydrogen-bond donors (Lipinski definition) is 1. The van der Waals surface area contributed by atoms with Crippen LogP contribution in [-0.2, 0) is 0 Å². The number of aromatic nitrogens is 4. The van der Waals surface area contributed by atoms with E-state index in [1.165, 1.54) is 6.39 Å². The van der Waals surface area contributed by atoms with E-state index < -0.39 is 0 Å². The van der Waals surface area contributed by atoms with Gasteiger partial charge >= 0.3 is 0 Å². The minimum atomic E-state index is 0.425. The van der Waals surface area contributed by atoms with Crippen molar-refractivity contribution in [3.8, 4) is 11.6 Å². The Hall–Kier alpha value is -1.17. The summed E-state index contributed by atoms with van der Waals surface area (Å²) >= 11 is 3.27. The van der Waals surface area contributed by atoms with E-state index in [1.54, 1.807) is 6.20 Å². The van der Waals surface area contributed by atoms with Crippen molar-refractivity contribution in [2.75, 3.05) is 0 Å². The normalized spacial score (nSPS) is 10.3. The summed E-state index contributed by atoms with van der Waals surface area (Å²) in [7, 11) is 0. The number of H-pyrrole nitrogens is 1. The van der Waals surface area contributed by atoms with E-state index in [0.717, 1.165) is 4.47 Å². The van der Waals surface area contributed by atoms with Crippen molar-refractivity contribution in [1.29, 1.82) is 0 Å². The lowest BCUT2D eigenvalue weighted by Gasteiger charge is -1.85. The zero-order valence-corrected chi connectivity index (χ0v) is 6.87. The van der Waals surface area contributed by atoms with Crippen LogP contribution in [0.5, 0.6) is 0 Å². The fourth-order valence-corrected chi connectivity index (χ4v) is 1.06. The highest BCUT2D eigenvalue weighted by Crippen LogP contribution is 2.22. The number of nitrogens with zero attached hydrogens (tertiary/aromatic N) is 3. The van der Waals surface area contributed by atoms with Gasteiger partial charge in [-0.3, -0.25) is 5.10 Å². The molecule has 0 atom stereocenters. The molecule has 0 unspecified atom stereocenters. The molecule has 0 aliphatic rings. The molecule has 2 aromatic rings. The quantitative estimate of drug-likeness (QED) is 0.776. The van der Waals surface area contributed by atoms with Gasteiger partial charge in [-0.25, -0.2) is 0 Å². The zero-order chi connectivity index (χ0) is 7.68. The maximum atomic E-state index is 4.94. The molecule has 5 nitrogen and oxygen atoms in total. The van der Waals surface area contributed by atoms with Crippen LogP contribution in [0, 0.1) is 0 Å². The van der Waals surface area contributed by atoms with Crippen molar-refractivity contribution in [3.63, 3.8) is 0 Å². The minimum absolute atomic E-state index is 0.425. The molecule has 0 aliphatic heterocycles. The van der Waals surface area contributed by atoms with Crippen molar-refractivity contribution < 1.29 is 4.42 Å². The third kappa shape index (κ3) is 1.05. The summed E-state index contributed by atoms with van der Waals surface area (Å²) in [4.78, 5) is 0. The smallest absolute Gasteiger partial charge is 0.266 e. The zero-order valence-electron chi connectivity index (χ0n) is 5.28. The van der Waals surface area contributed by atoms with E-state index in [0.29, 0.717) is 11.6 Å².